The standard InChI is InChI=1S/C18H26BrFO/c1-18(2,3)14-8-9-15(19)13(11-14)10-12-6-5-7-16(21-4)17(12)20/h5-7,13-15H,8-11H2,1-4H3. The van der Waals surface area contributed by atoms with Crippen molar-refractivity contribution in [1.82, 2.24) is 0 Å². The zero-order chi connectivity index (χ0) is 15.6. The zero-order valence-electron chi connectivity index (χ0n) is 13.5. The molecule has 0 amide bonds. The van der Waals surface area contributed by atoms with Crippen molar-refractivity contribution in [3.63, 3.8) is 0 Å². The minimum Gasteiger partial charge on any atom is -0.494 e. The summed E-state index contributed by atoms with van der Waals surface area (Å²) >= 11 is 3.81. The molecule has 0 bridgehead atoms. The van der Waals surface area contributed by atoms with E-state index in [0.717, 1.165) is 18.4 Å². The summed E-state index contributed by atoms with van der Waals surface area (Å²) in [5.74, 6) is 1.36. The molecule has 0 spiro atoms. The minimum atomic E-state index is -0.197. The van der Waals surface area contributed by atoms with E-state index in [4.69, 9.17) is 4.74 Å². The first-order chi connectivity index (χ1) is 9.82. The molecule has 0 aromatic heterocycles. The van der Waals surface area contributed by atoms with E-state index >= 15 is 0 Å². The van der Waals surface area contributed by atoms with E-state index < -0.39 is 0 Å². The molecule has 1 aromatic rings. The predicted octanol–water partition coefficient (Wildman–Crippen LogP) is 5.60. The Morgan fingerprint density at radius 3 is 2.62 bits per heavy atom. The largest absolute Gasteiger partial charge is 0.494 e. The van der Waals surface area contributed by atoms with Crippen LogP contribution in [0.25, 0.3) is 0 Å². The summed E-state index contributed by atoms with van der Waals surface area (Å²) in [6, 6.07) is 5.45. The Bertz CT molecular complexity index is 481. The lowest BCUT2D eigenvalue weighted by atomic mass is 9.68. The summed E-state index contributed by atoms with van der Waals surface area (Å²) in [7, 11) is 1.52. The first kappa shape index (κ1) is 16.8. The van der Waals surface area contributed by atoms with Crippen LogP contribution < -0.4 is 4.74 Å². The maximum Gasteiger partial charge on any atom is 0.168 e. The Morgan fingerprint density at radius 2 is 2.00 bits per heavy atom. The van der Waals surface area contributed by atoms with Gasteiger partial charge in [0, 0.05) is 4.83 Å². The molecule has 21 heavy (non-hydrogen) atoms. The molecule has 0 aliphatic heterocycles. The van der Waals surface area contributed by atoms with E-state index in [-0.39, 0.29) is 5.82 Å². The summed E-state index contributed by atoms with van der Waals surface area (Å²) in [6.45, 7) is 6.94. The van der Waals surface area contributed by atoms with Crippen LogP contribution in [0.4, 0.5) is 4.39 Å². The number of alkyl halides is 1. The van der Waals surface area contributed by atoms with Crippen LogP contribution in [0.15, 0.2) is 18.2 Å². The van der Waals surface area contributed by atoms with Gasteiger partial charge in [-0.05, 0) is 54.6 Å². The maximum absolute atomic E-state index is 14.3. The molecule has 3 unspecified atom stereocenters. The molecule has 0 heterocycles. The molecule has 0 N–H and O–H groups in total. The number of methoxy groups -OCH3 is 1. The quantitative estimate of drug-likeness (QED) is 0.640. The first-order valence-corrected chi connectivity index (χ1v) is 8.70. The summed E-state index contributed by atoms with van der Waals surface area (Å²) < 4.78 is 19.4. The van der Waals surface area contributed by atoms with Gasteiger partial charge < -0.3 is 4.74 Å². The molecule has 0 radical (unpaired) electrons. The van der Waals surface area contributed by atoms with Crippen LogP contribution >= 0.6 is 15.9 Å². The van der Waals surface area contributed by atoms with Gasteiger partial charge in [0.25, 0.3) is 0 Å². The van der Waals surface area contributed by atoms with Crippen molar-refractivity contribution in [3.8, 4) is 5.75 Å². The third kappa shape index (κ3) is 4.00. The molecule has 1 aliphatic carbocycles. The van der Waals surface area contributed by atoms with Crippen LogP contribution in [0, 0.1) is 23.1 Å². The third-order valence-corrected chi connectivity index (χ3v) is 6.07. The molecule has 1 fully saturated rings. The zero-order valence-corrected chi connectivity index (χ0v) is 15.0. The fourth-order valence-electron chi connectivity index (χ4n) is 3.38. The van der Waals surface area contributed by atoms with Crippen molar-refractivity contribution >= 4 is 15.9 Å². The molecular weight excluding hydrogens is 331 g/mol. The summed E-state index contributed by atoms with van der Waals surface area (Å²) in [4.78, 5) is 0.488. The van der Waals surface area contributed by atoms with Crippen LogP contribution in [0.5, 0.6) is 5.75 Å². The van der Waals surface area contributed by atoms with Crippen LogP contribution in [0.2, 0.25) is 0 Å². The summed E-state index contributed by atoms with van der Waals surface area (Å²) in [5.41, 5.74) is 1.11. The Morgan fingerprint density at radius 1 is 1.29 bits per heavy atom. The van der Waals surface area contributed by atoms with E-state index in [9.17, 15) is 4.39 Å². The highest BCUT2D eigenvalue weighted by Gasteiger charge is 2.35. The fourth-order valence-corrected chi connectivity index (χ4v) is 4.05. The fraction of sp³-hybridized carbons (Fsp3) is 0.667. The highest BCUT2D eigenvalue weighted by atomic mass is 79.9. The first-order valence-electron chi connectivity index (χ1n) is 7.78. The van der Waals surface area contributed by atoms with Gasteiger partial charge in [0.05, 0.1) is 7.11 Å². The van der Waals surface area contributed by atoms with Gasteiger partial charge in [0.2, 0.25) is 0 Å². The van der Waals surface area contributed by atoms with Crippen LogP contribution in [0.3, 0.4) is 0 Å². The lowest BCUT2D eigenvalue weighted by molar-refractivity contribution is 0.146. The predicted molar refractivity (Wildman–Crippen MR) is 89.7 cm³/mol. The van der Waals surface area contributed by atoms with Gasteiger partial charge in [-0.3, -0.25) is 0 Å². The van der Waals surface area contributed by atoms with E-state index in [1.807, 2.05) is 12.1 Å². The van der Waals surface area contributed by atoms with Crippen LogP contribution in [0.1, 0.15) is 45.6 Å². The monoisotopic (exact) mass is 356 g/mol. The van der Waals surface area contributed by atoms with Crippen molar-refractivity contribution in [2.75, 3.05) is 7.11 Å². The van der Waals surface area contributed by atoms with E-state index in [0.29, 0.717) is 27.8 Å². The molecule has 3 atom stereocenters. The SMILES string of the molecule is COc1cccc(CC2CC(C(C)(C)C)CCC2Br)c1F. The third-order valence-electron chi connectivity index (χ3n) is 4.86. The molecule has 0 saturated heterocycles. The number of benzene rings is 1. The van der Waals surface area contributed by atoms with Gasteiger partial charge in [-0.15, -0.1) is 0 Å². The van der Waals surface area contributed by atoms with Gasteiger partial charge in [0.15, 0.2) is 11.6 Å². The second-order valence-corrected chi connectivity index (χ2v) is 8.47. The molecular formula is C18H26BrFO. The van der Waals surface area contributed by atoms with Crippen molar-refractivity contribution in [2.24, 2.45) is 17.3 Å². The van der Waals surface area contributed by atoms with Crippen molar-refractivity contribution in [3.05, 3.63) is 29.6 Å². The number of ether oxygens (including phenoxy) is 1. The van der Waals surface area contributed by atoms with Crippen LogP contribution in [-0.2, 0) is 6.42 Å². The Labute approximate surface area is 136 Å². The minimum absolute atomic E-state index is 0.197. The topological polar surface area (TPSA) is 9.23 Å². The van der Waals surface area contributed by atoms with Crippen LogP contribution in [-0.4, -0.2) is 11.9 Å². The second-order valence-electron chi connectivity index (χ2n) is 7.29. The second kappa shape index (κ2) is 6.68. The highest BCUT2D eigenvalue weighted by Crippen LogP contribution is 2.43. The average molecular weight is 357 g/mol. The van der Waals surface area contributed by atoms with E-state index in [1.54, 1.807) is 6.07 Å². The number of rotatable bonds is 3. The summed E-state index contributed by atoms with van der Waals surface area (Å²) in [6.07, 6.45) is 4.39. The molecule has 3 heteroatoms. The van der Waals surface area contributed by atoms with Gasteiger partial charge in [-0.1, -0.05) is 48.8 Å². The Hall–Kier alpha value is -0.570. The van der Waals surface area contributed by atoms with Gasteiger partial charge in [0.1, 0.15) is 0 Å². The highest BCUT2D eigenvalue weighted by molar-refractivity contribution is 9.09. The molecule has 1 aliphatic rings. The molecule has 1 saturated carbocycles. The molecule has 1 aromatic carbocycles. The average Bonchev–Trinajstić information content (AvgIpc) is 2.42. The number of halogens is 2. The van der Waals surface area contributed by atoms with Crippen molar-refractivity contribution < 1.29 is 9.13 Å². The number of hydrogen-bond donors (Lipinski definition) is 0. The van der Waals surface area contributed by atoms with Gasteiger partial charge in [-0.2, -0.15) is 0 Å². The Balaban J connectivity index is 2.14. The van der Waals surface area contributed by atoms with Gasteiger partial charge in [-0.25, -0.2) is 4.39 Å². The molecule has 1 nitrogen and oxygen atoms in total. The van der Waals surface area contributed by atoms with Crippen molar-refractivity contribution in [1.29, 1.82) is 0 Å². The molecule has 2 rings (SSSR count). The number of hydrogen-bond acceptors (Lipinski definition) is 1. The van der Waals surface area contributed by atoms with E-state index in [1.165, 1.54) is 20.0 Å². The molecule has 118 valence electrons. The Kier molecular flexibility index (Phi) is 5.34. The maximum atomic E-state index is 14.3. The summed E-state index contributed by atoms with van der Waals surface area (Å²) in [5, 5.41) is 0. The van der Waals surface area contributed by atoms with Gasteiger partial charge >= 0.3 is 0 Å². The van der Waals surface area contributed by atoms with E-state index in [2.05, 4.69) is 36.7 Å². The van der Waals surface area contributed by atoms with Crippen molar-refractivity contribution in [2.45, 2.75) is 51.3 Å². The normalized spacial score (nSPS) is 26.7. The lowest BCUT2D eigenvalue weighted by Crippen LogP contribution is -2.33. The smallest absolute Gasteiger partial charge is 0.168 e. The lowest BCUT2D eigenvalue weighted by Gasteiger charge is -2.40.